The molecule has 0 spiro atoms. The lowest BCUT2D eigenvalue weighted by atomic mass is 10.0. The maximum absolute atomic E-state index is 13.2. The summed E-state index contributed by atoms with van der Waals surface area (Å²) in [6, 6.07) is -4.14. The SMILES string of the molecule is CC(C)CC(N)C(=O)NC(CCCN=C(N)N)C(=O)NC(CCCN=C(N)N)C(=O)NC(C(=O)O)C(C)C. The molecule has 0 aromatic heterocycles. The van der Waals surface area contributed by atoms with Crippen LogP contribution in [-0.2, 0) is 19.2 Å². The highest BCUT2D eigenvalue weighted by Gasteiger charge is 2.31. The highest BCUT2D eigenvalue weighted by molar-refractivity contribution is 5.94. The molecule has 0 rings (SSSR count). The fraction of sp³-hybridized carbons (Fsp3) is 0.739. The van der Waals surface area contributed by atoms with Crippen molar-refractivity contribution in [2.24, 2.45) is 50.5 Å². The van der Waals surface area contributed by atoms with E-state index in [-0.39, 0.29) is 43.8 Å². The van der Waals surface area contributed by atoms with Gasteiger partial charge in [-0.05, 0) is 43.9 Å². The number of aliphatic imine (C=N–C) groups is 2. The zero-order chi connectivity index (χ0) is 29.4. The largest absolute Gasteiger partial charge is 0.480 e. The molecule has 15 heteroatoms. The van der Waals surface area contributed by atoms with E-state index in [1.54, 1.807) is 13.8 Å². The molecule has 4 unspecified atom stereocenters. The second-order valence-corrected chi connectivity index (χ2v) is 9.82. The van der Waals surface area contributed by atoms with E-state index in [4.69, 9.17) is 28.7 Å². The Morgan fingerprint density at radius 2 is 1.16 bits per heavy atom. The fourth-order valence-electron chi connectivity index (χ4n) is 3.48. The van der Waals surface area contributed by atoms with Gasteiger partial charge in [-0.15, -0.1) is 0 Å². The van der Waals surface area contributed by atoms with Crippen molar-refractivity contribution in [3.05, 3.63) is 0 Å². The first kappa shape index (κ1) is 34.4. The molecule has 0 radical (unpaired) electrons. The summed E-state index contributed by atoms with van der Waals surface area (Å²) in [5.41, 5.74) is 27.3. The van der Waals surface area contributed by atoms with E-state index in [0.29, 0.717) is 19.3 Å². The first-order valence-electron chi connectivity index (χ1n) is 12.7. The van der Waals surface area contributed by atoms with Crippen molar-refractivity contribution in [3.8, 4) is 0 Å². The van der Waals surface area contributed by atoms with Crippen LogP contribution in [0.5, 0.6) is 0 Å². The molecule has 0 heterocycles. The van der Waals surface area contributed by atoms with Gasteiger partial charge in [-0.25, -0.2) is 4.79 Å². The van der Waals surface area contributed by atoms with Crippen LogP contribution in [0.4, 0.5) is 0 Å². The summed E-state index contributed by atoms with van der Waals surface area (Å²) in [6.45, 7) is 7.54. The van der Waals surface area contributed by atoms with Gasteiger partial charge in [0.2, 0.25) is 17.7 Å². The highest BCUT2D eigenvalue weighted by atomic mass is 16.4. The maximum atomic E-state index is 13.2. The van der Waals surface area contributed by atoms with E-state index in [1.807, 2.05) is 13.8 Å². The second-order valence-electron chi connectivity index (χ2n) is 9.82. The third-order valence-electron chi connectivity index (χ3n) is 5.45. The van der Waals surface area contributed by atoms with Gasteiger partial charge in [0.15, 0.2) is 11.9 Å². The molecule has 218 valence electrons. The second kappa shape index (κ2) is 17.8. The van der Waals surface area contributed by atoms with Gasteiger partial charge in [0.1, 0.15) is 18.1 Å². The van der Waals surface area contributed by atoms with Crippen LogP contribution < -0.4 is 44.6 Å². The van der Waals surface area contributed by atoms with Gasteiger partial charge in [-0.1, -0.05) is 27.7 Å². The van der Waals surface area contributed by atoms with E-state index in [2.05, 4.69) is 25.9 Å². The van der Waals surface area contributed by atoms with Gasteiger partial charge in [0.05, 0.1) is 6.04 Å². The number of nitrogens with two attached hydrogens (primary N) is 5. The van der Waals surface area contributed by atoms with Crippen LogP contribution >= 0.6 is 0 Å². The van der Waals surface area contributed by atoms with Crippen molar-refractivity contribution in [2.45, 2.75) is 84.0 Å². The Bertz CT molecular complexity index is 838. The summed E-state index contributed by atoms with van der Waals surface area (Å²) in [4.78, 5) is 58.2. The number of carboxylic acid groups (broad SMARTS) is 1. The zero-order valence-corrected chi connectivity index (χ0v) is 22.8. The van der Waals surface area contributed by atoms with Crippen LogP contribution in [-0.4, -0.2) is 78.0 Å². The summed E-state index contributed by atoms with van der Waals surface area (Å²) in [6.07, 6.45) is 1.35. The smallest absolute Gasteiger partial charge is 0.326 e. The quantitative estimate of drug-likeness (QED) is 0.0505. The normalized spacial score (nSPS) is 14.1. The molecule has 0 aromatic rings. The van der Waals surface area contributed by atoms with Crippen LogP contribution in [0.25, 0.3) is 0 Å². The van der Waals surface area contributed by atoms with Crippen molar-refractivity contribution in [3.63, 3.8) is 0 Å². The molecule has 0 saturated carbocycles. The minimum atomic E-state index is -1.21. The van der Waals surface area contributed by atoms with E-state index in [0.717, 1.165) is 0 Å². The number of nitrogens with one attached hydrogen (secondary N) is 3. The summed E-state index contributed by atoms with van der Waals surface area (Å²) in [5, 5.41) is 17.2. The number of aliphatic carboxylic acids is 1. The fourth-order valence-corrected chi connectivity index (χ4v) is 3.48. The Kier molecular flexibility index (Phi) is 16.1. The van der Waals surface area contributed by atoms with Crippen molar-refractivity contribution in [2.75, 3.05) is 13.1 Å². The van der Waals surface area contributed by atoms with Crippen LogP contribution in [0.3, 0.4) is 0 Å². The minimum absolute atomic E-state index is 0.107. The molecule has 0 aromatic carbocycles. The molecule has 38 heavy (non-hydrogen) atoms. The molecule has 15 nitrogen and oxygen atoms in total. The van der Waals surface area contributed by atoms with Gasteiger partial charge >= 0.3 is 5.97 Å². The Morgan fingerprint density at radius 3 is 1.53 bits per heavy atom. The van der Waals surface area contributed by atoms with Crippen molar-refractivity contribution in [1.29, 1.82) is 0 Å². The van der Waals surface area contributed by atoms with E-state index >= 15 is 0 Å². The van der Waals surface area contributed by atoms with Crippen LogP contribution in [0, 0.1) is 11.8 Å². The number of guanidine groups is 2. The number of amides is 3. The molecule has 0 bridgehead atoms. The summed E-state index contributed by atoms with van der Waals surface area (Å²) in [7, 11) is 0. The highest BCUT2D eigenvalue weighted by Crippen LogP contribution is 2.08. The van der Waals surface area contributed by atoms with E-state index in [9.17, 15) is 24.3 Å². The third kappa shape index (κ3) is 14.8. The van der Waals surface area contributed by atoms with Gasteiger partial charge in [0, 0.05) is 13.1 Å². The van der Waals surface area contributed by atoms with E-state index < -0.39 is 53.8 Å². The van der Waals surface area contributed by atoms with Crippen molar-refractivity contribution in [1.82, 2.24) is 16.0 Å². The van der Waals surface area contributed by atoms with Crippen molar-refractivity contribution < 1.29 is 24.3 Å². The molecule has 0 aliphatic heterocycles. The predicted octanol–water partition coefficient (Wildman–Crippen LogP) is -2.34. The Balaban J connectivity index is 5.74. The molecular weight excluding hydrogens is 496 g/mol. The Hall–Kier alpha value is -3.62. The van der Waals surface area contributed by atoms with Crippen LogP contribution in [0.1, 0.15) is 59.8 Å². The molecule has 0 aliphatic rings. The predicted molar refractivity (Wildman–Crippen MR) is 146 cm³/mol. The average Bonchev–Trinajstić information content (AvgIpc) is 2.79. The monoisotopic (exact) mass is 542 g/mol. The molecule has 0 fully saturated rings. The number of carbonyl (C=O) groups is 4. The molecule has 0 saturated heterocycles. The molecule has 0 aliphatic carbocycles. The number of carbonyl (C=O) groups excluding carboxylic acids is 3. The number of rotatable bonds is 18. The first-order valence-corrected chi connectivity index (χ1v) is 12.7. The van der Waals surface area contributed by atoms with Gasteiger partial charge in [-0.2, -0.15) is 0 Å². The summed E-state index contributed by atoms with van der Waals surface area (Å²) in [5.74, 6) is -3.52. The Labute approximate surface area is 223 Å². The topological polar surface area (TPSA) is 279 Å². The van der Waals surface area contributed by atoms with Crippen molar-refractivity contribution >= 4 is 35.6 Å². The van der Waals surface area contributed by atoms with Crippen LogP contribution in [0.15, 0.2) is 9.98 Å². The lowest BCUT2D eigenvalue weighted by molar-refractivity contribution is -0.143. The summed E-state index contributed by atoms with van der Waals surface area (Å²) < 4.78 is 0. The number of hydrogen-bond acceptors (Lipinski definition) is 7. The zero-order valence-electron chi connectivity index (χ0n) is 22.8. The molecule has 4 atom stereocenters. The number of hydrogen-bond donors (Lipinski definition) is 9. The number of carboxylic acids is 1. The Morgan fingerprint density at radius 1 is 0.737 bits per heavy atom. The third-order valence-corrected chi connectivity index (χ3v) is 5.45. The minimum Gasteiger partial charge on any atom is -0.480 e. The first-order chi connectivity index (χ1) is 17.6. The maximum Gasteiger partial charge on any atom is 0.326 e. The van der Waals surface area contributed by atoms with E-state index in [1.165, 1.54) is 0 Å². The van der Waals surface area contributed by atoms with Gasteiger partial charge in [0.25, 0.3) is 0 Å². The average molecular weight is 543 g/mol. The lowest BCUT2D eigenvalue weighted by Crippen LogP contribution is -2.57. The summed E-state index contributed by atoms with van der Waals surface area (Å²) >= 11 is 0. The molecule has 3 amide bonds. The lowest BCUT2D eigenvalue weighted by Gasteiger charge is -2.26. The number of nitrogens with zero attached hydrogens (tertiary/aromatic N) is 2. The molecule has 14 N–H and O–H groups in total. The van der Waals surface area contributed by atoms with Crippen LogP contribution in [0.2, 0.25) is 0 Å². The van der Waals surface area contributed by atoms with Gasteiger partial charge < -0.3 is 49.7 Å². The van der Waals surface area contributed by atoms with Gasteiger partial charge in [-0.3, -0.25) is 24.4 Å². The molecular formula is C23H46N10O5. The standard InChI is InChI=1S/C23H46N10O5/c1-12(2)11-14(24)18(34)31-15(7-5-9-29-22(25)26)19(35)32-16(8-6-10-30-23(27)28)20(36)33-17(13(3)4)21(37)38/h12-17H,5-11,24H2,1-4H3,(H,31,34)(H,32,35)(H,33,36)(H,37,38)(H4,25,26,29)(H4,27,28,30).